The van der Waals surface area contributed by atoms with Crippen molar-refractivity contribution in [3.8, 4) is 17.2 Å². The molecule has 4 rings (SSSR count). The third kappa shape index (κ3) is 3.49. The third-order valence-electron chi connectivity index (χ3n) is 5.07. The number of methoxy groups -OCH3 is 1. The van der Waals surface area contributed by atoms with E-state index in [9.17, 15) is 14.4 Å². The van der Waals surface area contributed by atoms with Crippen LogP contribution in [0.25, 0.3) is 0 Å². The lowest BCUT2D eigenvalue weighted by Crippen LogP contribution is -2.42. The number of amides is 4. The highest BCUT2D eigenvalue weighted by atomic mass is 16.6. The highest BCUT2D eigenvalue weighted by molar-refractivity contribution is 6.10. The quantitative estimate of drug-likeness (QED) is 0.728. The Morgan fingerprint density at radius 3 is 2.53 bits per heavy atom. The number of nitrogens with zero attached hydrogens (tertiary/aromatic N) is 1. The van der Waals surface area contributed by atoms with Gasteiger partial charge >= 0.3 is 6.03 Å². The van der Waals surface area contributed by atoms with Gasteiger partial charge in [-0.2, -0.15) is 0 Å². The van der Waals surface area contributed by atoms with Crippen LogP contribution >= 0.6 is 0 Å². The lowest BCUT2D eigenvalue weighted by Gasteiger charge is -2.25. The maximum Gasteiger partial charge on any atom is 0.325 e. The van der Waals surface area contributed by atoms with Crippen molar-refractivity contribution in [2.24, 2.45) is 0 Å². The molecule has 2 aliphatic heterocycles. The molecule has 0 aliphatic carbocycles. The zero-order valence-electron chi connectivity index (χ0n) is 16.6. The summed E-state index contributed by atoms with van der Waals surface area (Å²) in [6.45, 7) is 2.05. The van der Waals surface area contributed by atoms with Gasteiger partial charge in [0.2, 0.25) is 5.91 Å². The first-order valence-electron chi connectivity index (χ1n) is 9.39. The molecule has 4 amide bonds. The van der Waals surface area contributed by atoms with Crippen LogP contribution in [0.1, 0.15) is 12.5 Å². The monoisotopic (exact) mass is 411 g/mol. The topological polar surface area (TPSA) is 106 Å². The van der Waals surface area contributed by atoms with Crippen LogP contribution in [0.15, 0.2) is 42.5 Å². The Balaban J connectivity index is 1.48. The number of urea groups is 1. The number of hydrogen-bond acceptors (Lipinski definition) is 6. The third-order valence-corrected chi connectivity index (χ3v) is 5.07. The number of nitrogens with one attached hydrogen (secondary N) is 2. The van der Waals surface area contributed by atoms with Crippen molar-refractivity contribution in [2.75, 3.05) is 32.2 Å². The van der Waals surface area contributed by atoms with E-state index in [0.29, 0.717) is 41.7 Å². The van der Waals surface area contributed by atoms with Gasteiger partial charge in [-0.05, 0) is 48.9 Å². The Hall–Kier alpha value is -3.75. The second kappa shape index (κ2) is 7.58. The van der Waals surface area contributed by atoms with Gasteiger partial charge in [0.05, 0.1) is 7.11 Å². The summed E-state index contributed by atoms with van der Waals surface area (Å²) in [7, 11) is 1.55. The summed E-state index contributed by atoms with van der Waals surface area (Å²) < 4.78 is 16.1. The fraction of sp³-hybridized carbons (Fsp3) is 0.286. The predicted molar refractivity (Wildman–Crippen MR) is 107 cm³/mol. The van der Waals surface area contributed by atoms with E-state index in [1.54, 1.807) is 56.5 Å². The first kappa shape index (κ1) is 19.6. The largest absolute Gasteiger partial charge is 0.497 e. The molecule has 9 heteroatoms. The number of benzene rings is 2. The number of rotatable bonds is 5. The van der Waals surface area contributed by atoms with E-state index in [2.05, 4.69) is 10.6 Å². The van der Waals surface area contributed by atoms with Gasteiger partial charge in [0.1, 0.15) is 31.0 Å². The average Bonchev–Trinajstić information content (AvgIpc) is 2.98. The second-order valence-corrected chi connectivity index (χ2v) is 7.08. The molecule has 0 spiro atoms. The first-order chi connectivity index (χ1) is 14.4. The van der Waals surface area contributed by atoms with E-state index in [4.69, 9.17) is 14.2 Å². The highest BCUT2D eigenvalue weighted by Gasteiger charge is 2.49. The molecule has 156 valence electrons. The molecule has 1 saturated heterocycles. The second-order valence-electron chi connectivity index (χ2n) is 7.08. The number of carbonyl (C=O) groups is 3. The average molecular weight is 411 g/mol. The van der Waals surface area contributed by atoms with Crippen LogP contribution in [-0.4, -0.2) is 49.6 Å². The van der Waals surface area contributed by atoms with Gasteiger partial charge in [-0.3, -0.25) is 14.5 Å². The van der Waals surface area contributed by atoms with Gasteiger partial charge in [-0.15, -0.1) is 0 Å². The summed E-state index contributed by atoms with van der Waals surface area (Å²) in [5.41, 5.74) is -0.238. The van der Waals surface area contributed by atoms with Gasteiger partial charge in [-0.25, -0.2) is 4.79 Å². The number of anilines is 1. The van der Waals surface area contributed by atoms with E-state index < -0.39 is 29.9 Å². The number of ether oxygens (including phenoxy) is 3. The fourth-order valence-corrected chi connectivity index (χ4v) is 3.41. The number of fused-ring (bicyclic) bond motifs is 1. The Morgan fingerprint density at radius 2 is 1.83 bits per heavy atom. The molecule has 0 radical (unpaired) electrons. The van der Waals surface area contributed by atoms with Crippen molar-refractivity contribution in [1.29, 1.82) is 0 Å². The molecular formula is C21H21N3O6. The Kier molecular flexibility index (Phi) is 4.94. The van der Waals surface area contributed by atoms with Gasteiger partial charge in [0.25, 0.3) is 5.91 Å². The van der Waals surface area contributed by atoms with Gasteiger partial charge < -0.3 is 24.8 Å². The molecule has 1 fully saturated rings. The van der Waals surface area contributed by atoms with Crippen LogP contribution in [0.3, 0.4) is 0 Å². The normalized spacial score (nSPS) is 20.0. The zero-order chi connectivity index (χ0) is 21.3. The van der Waals surface area contributed by atoms with Crippen LogP contribution in [0, 0.1) is 0 Å². The number of hydrogen-bond donors (Lipinski definition) is 2. The highest BCUT2D eigenvalue weighted by Crippen LogP contribution is 2.36. The Bertz CT molecular complexity index is 1010. The maximum absolute atomic E-state index is 13.1. The SMILES string of the molecule is COc1ccc(NC(=O)CN2C(=O)N[C@@](C)(c3ccc4c(c3)OCCO4)C2=O)cc1. The molecule has 0 aromatic heterocycles. The molecule has 2 aromatic carbocycles. The van der Waals surface area contributed by atoms with E-state index in [-0.39, 0.29) is 0 Å². The molecule has 2 heterocycles. The van der Waals surface area contributed by atoms with Crippen LogP contribution in [0.2, 0.25) is 0 Å². The summed E-state index contributed by atoms with van der Waals surface area (Å²) in [6.07, 6.45) is 0. The molecular weight excluding hydrogens is 390 g/mol. The Morgan fingerprint density at radius 1 is 1.13 bits per heavy atom. The molecule has 1 atom stereocenters. The van der Waals surface area contributed by atoms with Gasteiger partial charge in [-0.1, -0.05) is 6.07 Å². The van der Waals surface area contributed by atoms with Crippen molar-refractivity contribution in [3.63, 3.8) is 0 Å². The molecule has 2 N–H and O–H groups in total. The van der Waals surface area contributed by atoms with Crippen molar-refractivity contribution < 1.29 is 28.6 Å². The molecule has 2 aromatic rings. The van der Waals surface area contributed by atoms with Crippen LogP contribution in [0.4, 0.5) is 10.5 Å². The minimum Gasteiger partial charge on any atom is -0.497 e. The van der Waals surface area contributed by atoms with Crippen molar-refractivity contribution >= 4 is 23.5 Å². The first-order valence-corrected chi connectivity index (χ1v) is 9.39. The van der Waals surface area contributed by atoms with E-state index in [1.165, 1.54) is 0 Å². The van der Waals surface area contributed by atoms with E-state index >= 15 is 0 Å². The number of imide groups is 1. The maximum atomic E-state index is 13.1. The summed E-state index contributed by atoms with van der Waals surface area (Å²) in [6, 6.07) is 11.2. The van der Waals surface area contributed by atoms with Crippen molar-refractivity contribution in [2.45, 2.75) is 12.5 Å². The van der Waals surface area contributed by atoms with Crippen molar-refractivity contribution in [1.82, 2.24) is 10.2 Å². The van der Waals surface area contributed by atoms with Crippen LogP contribution in [-0.2, 0) is 15.1 Å². The van der Waals surface area contributed by atoms with Crippen LogP contribution < -0.4 is 24.8 Å². The molecule has 0 saturated carbocycles. The zero-order valence-corrected chi connectivity index (χ0v) is 16.6. The molecule has 30 heavy (non-hydrogen) atoms. The minimum absolute atomic E-state index is 0.406. The molecule has 0 bridgehead atoms. The molecule has 2 aliphatic rings. The lowest BCUT2D eigenvalue weighted by molar-refractivity contribution is -0.133. The summed E-state index contributed by atoms with van der Waals surface area (Å²) in [5, 5.41) is 5.35. The summed E-state index contributed by atoms with van der Waals surface area (Å²) in [4.78, 5) is 38.8. The number of carbonyl (C=O) groups excluding carboxylic acids is 3. The molecule has 0 unspecified atom stereocenters. The van der Waals surface area contributed by atoms with Gasteiger partial charge in [0, 0.05) is 5.69 Å². The summed E-state index contributed by atoms with van der Waals surface area (Å²) in [5.74, 6) is 0.736. The lowest BCUT2D eigenvalue weighted by atomic mass is 9.91. The van der Waals surface area contributed by atoms with Crippen LogP contribution in [0.5, 0.6) is 17.2 Å². The van der Waals surface area contributed by atoms with E-state index in [0.717, 1.165) is 4.90 Å². The summed E-state index contributed by atoms with van der Waals surface area (Å²) >= 11 is 0. The van der Waals surface area contributed by atoms with Crippen molar-refractivity contribution in [3.05, 3.63) is 48.0 Å². The smallest absolute Gasteiger partial charge is 0.325 e. The minimum atomic E-state index is -1.31. The standard InChI is InChI=1S/C21H21N3O6/c1-21(13-3-8-16-17(11-13)30-10-9-29-16)19(26)24(20(27)23-21)12-18(25)22-14-4-6-15(28-2)7-5-14/h3-8,11H,9-10,12H2,1-2H3,(H,22,25)(H,23,27)/t21-/m0/s1. The fourth-order valence-electron chi connectivity index (χ4n) is 3.41. The Labute approximate surface area is 172 Å². The van der Waals surface area contributed by atoms with E-state index in [1.807, 2.05) is 0 Å². The predicted octanol–water partition coefficient (Wildman–Crippen LogP) is 1.87. The molecule has 9 nitrogen and oxygen atoms in total. The van der Waals surface area contributed by atoms with Gasteiger partial charge in [0.15, 0.2) is 11.5 Å².